The maximum atomic E-state index is 12.3. The van der Waals surface area contributed by atoms with E-state index in [1.807, 2.05) is 11.8 Å². The van der Waals surface area contributed by atoms with E-state index in [-0.39, 0.29) is 18.4 Å². The van der Waals surface area contributed by atoms with Gasteiger partial charge < -0.3 is 10.0 Å². The molecule has 2 rings (SSSR count). The minimum atomic E-state index is -0.832. The number of rotatable bonds is 7. The summed E-state index contributed by atoms with van der Waals surface area (Å²) in [5.74, 6) is -0.572. The molecule has 0 radical (unpaired) electrons. The van der Waals surface area contributed by atoms with Gasteiger partial charge in [-0.3, -0.25) is 14.9 Å². The van der Waals surface area contributed by atoms with Crippen molar-refractivity contribution < 1.29 is 14.7 Å². The van der Waals surface area contributed by atoms with Crippen molar-refractivity contribution in [2.75, 3.05) is 13.1 Å². The maximum Gasteiger partial charge on any atom is 0.320 e. The number of carbonyl (C=O) groups is 2. The molecule has 2 N–H and O–H groups in total. The first kappa shape index (κ1) is 15.3. The van der Waals surface area contributed by atoms with Gasteiger partial charge in [0.25, 0.3) is 0 Å². The van der Waals surface area contributed by atoms with Crippen LogP contribution in [-0.2, 0) is 9.59 Å². The monoisotopic (exact) mass is 282 g/mol. The summed E-state index contributed by atoms with van der Waals surface area (Å²) in [6.07, 6.45) is 7.75. The molecule has 0 aromatic rings. The Morgan fingerprint density at radius 1 is 1.20 bits per heavy atom. The molecular formula is C15H26N2O3. The van der Waals surface area contributed by atoms with Gasteiger partial charge in [-0.15, -0.1) is 0 Å². The largest absolute Gasteiger partial charge is 0.480 e. The summed E-state index contributed by atoms with van der Waals surface area (Å²) in [5.41, 5.74) is 0. The number of hydrogen-bond acceptors (Lipinski definition) is 3. The van der Waals surface area contributed by atoms with Gasteiger partial charge in [-0.1, -0.05) is 19.3 Å². The molecule has 0 aromatic heterocycles. The molecule has 2 aliphatic rings. The molecule has 0 spiro atoms. The summed E-state index contributed by atoms with van der Waals surface area (Å²) in [5, 5.41) is 12.1. The highest BCUT2D eigenvalue weighted by atomic mass is 16.4. The van der Waals surface area contributed by atoms with Gasteiger partial charge in [-0.25, -0.2) is 0 Å². The number of hydrogen-bond donors (Lipinski definition) is 2. The fourth-order valence-corrected chi connectivity index (χ4v) is 3.21. The van der Waals surface area contributed by atoms with Crippen molar-refractivity contribution >= 4 is 11.9 Å². The highest BCUT2D eigenvalue weighted by molar-refractivity contribution is 5.80. The summed E-state index contributed by atoms with van der Waals surface area (Å²) in [6.45, 7) is 2.87. The molecule has 1 unspecified atom stereocenters. The van der Waals surface area contributed by atoms with Crippen LogP contribution in [0.1, 0.15) is 51.9 Å². The van der Waals surface area contributed by atoms with Crippen molar-refractivity contribution in [3.05, 3.63) is 0 Å². The van der Waals surface area contributed by atoms with Crippen molar-refractivity contribution in [3.8, 4) is 0 Å². The van der Waals surface area contributed by atoms with Crippen LogP contribution in [0.25, 0.3) is 0 Å². The third-order valence-corrected chi connectivity index (χ3v) is 4.51. The Morgan fingerprint density at radius 3 is 2.35 bits per heavy atom. The molecule has 114 valence electrons. The molecule has 0 aromatic carbocycles. The second-order valence-electron chi connectivity index (χ2n) is 6.01. The van der Waals surface area contributed by atoms with Crippen molar-refractivity contribution in [1.29, 1.82) is 0 Å². The van der Waals surface area contributed by atoms with E-state index in [9.17, 15) is 9.59 Å². The average molecular weight is 282 g/mol. The van der Waals surface area contributed by atoms with E-state index in [4.69, 9.17) is 5.11 Å². The van der Waals surface area contributed by atoms with Crippen molar-refractivity contribution in [1.82, 2.24) is 10.2 Å². The fourth-order valence-electron chi connectivity index (χ4n) is 3.21. The molecule has 0 bridgehead atoms. The van der Waals surface area contributed by atoms with Crippen LogP contribution >= 0.6 is 0 Å². The van der Waals surface area contributed by atoms with Gasteiger partial charge in [0.2, 0.25) is 5.91 Å². The first-order valence-corrected chi connectivity index (χ1v) is 7.89. The van der Waals surface area contributed by atoms with Crippen molar-refractivity contribution in [2.45, 2.75) is 64.0 Å². The van der Waals surface area contributed by atoms with Gasteiger partial charge >= 0.3 is 5.97 Å². The molecule has 0 heterocycles. The summed E-state index contributed by atoms with van der Waals surface area (Å²) < 4.78 is 0. The predicted molar refractivity (Wildman–Crippen MR) is 76.4 cm³/mol. The lowest BCUT2D eigenvalue weighted by atomic mass is 9.94. The van der Waals surface area contributed by atoms with Crippen molar-refractivity contribution in [2.24, 2.45) is 5.92 Å². The van der Waals surface area contributed by atoms with E-state index >= 15 is 0 Å². The third-order valence-electron chi connectivity index (χ3n) is 4.51. The SMILES string of the molecule is CCN(C(=O)CNC(C(=O)O)C1CC1)C1CCCCC1. The smallest absolute Gasteiger partial charge is 0.320 e. The molecule has 1 amide bonds. The van der Waals surface area contributed by atoms with Crippen LogP contribution < -0.4 is 5.32 Å². The summed E-state index contributed by atoms with van der Waals surface area (Å²) in [4.78, 5) is 25.4. The Labute approximate surface area is 120 Å². The Kier molecular flexibility index (Phi) is 5.40. The number of amides is 1. The van der Waals surface area contributed by atoms with Gasteiger partial charge in [0.15, 0.2) is 0 Å². The lowest BCUT2D eigenvalue weighted by Gasteiger charge is -2.34. The first-order chi connectivity index (χ1) is 9.63. The number of nitrogens with zero attached hydrogens (tertiary/aromatic N) is 1. The molecule has 5 heteroatoms. The van der Waals surface area contributed by atoms with Crippen LogP contribution in [0, 0.1) is 5.92 Å². The zero-order chi connectivity index (χ0) is 14.5. The Hall–Kier alpha value is -1.10. The van der Waals surface area contributed by atoms with Crippen molar-refractivity contribution in [3.63, 3.8) is 0 Å². The number of likely N-dealkylation sites (N-methyl/N-ethyl adjacent to an activating group) is 1. The topological polar surface area (TPSA) is 69.6 Å². The Morgan fingerprint density at radius 2 is 1.85 bits per heavy atom. The van der Waals surface area contributed by atoms with E-state index in [2.05, 4.69) is 5.32 Å². The lowest BCUT2D eigenvalue weighted by Crippen LogP contribution is -2.49. The third kappa shape index (κ3) is 3.95. The predicted octanol–water partition coefficient (Wildman–Crippen LogP) is 1.62. The second kappa shape index (κ2) is 7.07. The van der Waals surface area contributed by atoms with Crippen LogP contribution in [-0.4, -0.2) is 47.1 Å². The first-order valence-electron chi connectivity index (χ1n) is 7.89. The van der Waals surface area contributed by atoms with E-state index in [1.165, 1.54) is 19.3 Å². The zero-order valence-electron chi connectivity index (χ0n) is 12.3. The number of carbonyl (C=O) groups excluding carboxylic acids is 1. The van der Waals surface area contributed by atoms with Crippen LogP contribution in [0.15, 0.2) is 0 Å². The normalized spacial score (nSPS) is 21.4. The van der Waals surface area contributed by atoms with Gasteiger partial charge in [0.05, 0.1) is 6.54 Å². The van der Waals surface area contributed by atoms with Crippen LogP contribution in [0.3, 0.4) is 0 Å². The quantitative estimate of drug-likeness (QED) is 0.744. The van der Waals surface area contributed by atoms with E-state index in [0.717, 1.165) is 25.7 Å². The summed E-state index contributed by atoms with van der Waals surface area (Å²) in [6, 6.07) is -0.198. The molecule has 5 nitrogen and oxygen atoms in total. The highest BCUT2D eigenvalue weighted by Gasteiger charge is 2.36. The summed E-state index contributed by atoms with van der Waals surface area (Å²) in [7, 11) is 0. The minimum Gasteiger partial charge on any atom is -0.480 e. The molecule has 2 fully saturated rings. The standard InChI is InChI=1S/C15H26N2O3/c1-2-17(12-6-4-3-5-7-12)13(18)10-16-14(15(19)20)11-8-9-11/h11-12,14,16H,2-10H2,1H3,(H,19,20). The fraction of sp³-hybridized carbons (Fsp3) is 0.867. The lowest BCUT2D eigenvalue weighted by molar-refractivity contribution is -0.140. The number of carboxylic acids is 1. The molecule has 2 aliphatic carbocycles. The molecule has 0 saturated heterocycles. The molecular weight excluding hydrogens is 256 g/mol. The number of aliphatic carboxylic acids is 1. The number of nitrogens with one attached hydrogen (secondary N) is 1. The van der Waals surface area contributed by atoms with Gasteiger partial charge in [-0.05, 0) is 38.5 Å². The second-order valence-corrected chi connectivity index (χ2v) is 6.01. The van der Waals surface area contributed by atoms with Crippen LogP contribution in [0.5, 0.6) is 0 Å². The molecule has 2 saturated carbocycles. The summed E-state index contributed by atoms with van der Waals surface area (Å²) >= 11 is 0. The van der Waals surface area contributed by atoms with Gasteiger partial charge in [-0.2, -0.15) is 0 Å². The Balaban J connectivity index is 1.83. The minimum absolute atomic E-state index is 0.0475. The highest BCUT2D eigenvalue weighted by Crippen LogP contribution is 2.32. The van der Waals surface area contributed by atoms with Crippen LogP contribution in [0.2, 0.25) is 0 Å². The molecule has 0 aliphatic heterocycles. The van der Waals surface area contributed by atoms with E-state index in [0.29, 0.717) is 12.6 Å². The number of carboxylic acid groups (broad SMARTS) is 1. The van der Waals surface area contributed by atoms with E-state index in [1.54, 1.807) is 0 Å². The average Bonchev–Trinajstić information content (AvgIpc) is 3.25. The van der Waals surface area contributed by atoms with Gasteiger partial charge in [0.1, 0.15) is 6.04 Å². The zero-order valence-corrected chi connectivity index (χ0v) is 12.3. The maximum absolute atomic E-state index is 12.3. The van der Waals surface area contributed by atoms with Gasteiger partial charge in [0, 0.05) is 12.6 Å². The van der Waals surface area contributed by atoms with Crippen LogP contribution in [0.4, 0.5) is 0 Å². The molecule has 1 atom stereocenters. The molecule has 20 heavy (non-hydrogen) atoms. The van der Waals surface area contributed by atoms with E-state index < -0.39 is 12.0 Å². The Bertz CT molecular complexity index is 349.